The van der Waals surface area contributed by atoms with E-state index >= 15 is 0 Å². The molecule has 3 aromatic carbocycles. The Morgan fingerprint density at radius 2 is 1.71 bits per heavy atom. The van der Waals surface area contributed by atoms with Gasteiger partial charge in [-0.25, -0.2) is 0 Å². The third-order valence-electron chi connectivity index (χ3n) is 4.52. The van der Waals surface area contributed by atoms with Crippen LogP contribution in [0.15, 0.2) is 54.6 Å². The monoisotopic (exact) mass is 266 g/mol. The first kappa shape index (κ1) is 11.2. The topological polar surface area (TPSA) is 15.8 Å². The van der Waals surface area contributed by atoms with E-state index in [0.717, 1.165) is 0 Å². The summed E-state index contributed by atoms with van der Waals surface area (Å²) < 4.78 is 0. The van der Waals surface area contributed by atoms with Gasteiger partial charge in [-0.05, 0) is 29.7 Å². The van der Waals surface area contributed by atoms with Crippen LogP contribution in [0.4, 0.5) is 0 Å². The summed E-state index contributed by atoms with van der Waals surface area (Å²) in [6.45, 7) is 2.14. The van der Waals surface area contributed by atoms with Crippen LogP contribution in [0.3, 0.4) is 0 Å². The van der Waals surface area contributed by atoms with E-state index in [1.165, 1.54) is 49.4 Å². The van der Waals surface area contributed by atoms with Crippen molar-refractivity contribution in [3.63, 3.8) is 0 Å². The van der Waals surface area contributed by atoms with Crippen LogP contribution in [0, 0.1) is 6.92 Å². The fourth-order valence-corrected chi connectivity index (χ4v) is 3.52. The molecule has 0 fully saturated rings. The maximum absolute atomic E-state index is 3.62. The summed E-state index contributed by atoms with van der Waals surface area (Å²) in [5.41, 5.74) is 9.08. The van der Waals surface area contributed by atoms with E-state index in [-0.39, 0.29) is 0 Å². The van der Waals surface area contributed by atoms with Gasteiger partial charge in [0.15, 0.2) is 7.28 Å². The molecule has 0 unspecified atom stereocenters. The Labute approximate surface area is 123 Å². The van der Waals surface area contributed by atoms with E-state index < -0.39 is 0 Å². The highest BCUT2D eigenvalue weighted by molar-refractivity contribution is 6.75. The molecule has 0 saturated carbocycles. The van der Waals surface area contributed by atoms with Crippen molar-refractivity contribution in [2.75, 3.05) is 0 Å². The molecule has 97 valence electrons. The van der Waals surface area contributed by atoms with E-state index in [2.05, 4.69) is 73.8 Å². The van der Waals surface area contributed by atoms with Crippen LogP contribution >= 0.6 is 0 Å². The lowest BCUT2D eigenvalue weighted by molar-refractivity contribution is 1.47. The third-order valence-corrected chi connectivity index (χ3v) is 4.52. The van der Waals surface area contributed by atoms with Crippen molar-refractivity contribution in [3.05, 3.63) is 60.2 Å². The molecule has 1 nitrogen and oxygen atoms in total. The number of rotatable bonds is 0. The molecule has 1 aliphatic rings. The van der Waals surface area contributed by atoms with Gasteiger partial charge >= 0.3 is 0 Å². The second kappa shape index (κ2) is 3.79. The van der Waals surface area contributed by atoms with E-state index in [4.69, 9.17) is 0 Å². The van der Waals surface area contributed by atoms with Gasteiger partial charge in [0.1, 0.15) is 0 Å². The standard InChI is InChI=1S/C19H13BN/c1-11-6-7-13-15-9-8-14-12-4-2-3-5-16(12)20-18(14)19(15)21-17(13)10-11/h2-10,21H,1H3. The number of fused-ring (bicyclic) bond motifs is 7. The smallest absolute Gasteiger partial charge is 0.195 e. The summed E-state index contributed by atoms with van der Waals surface area (Å²) in [6, 6.07) is 19.7. The van der Waals surface area contributed by atoms with Gasteiger partial charge in [-0.15, -0.1) is 0 Å². The molecule has 1 aromatic heterocycles. The van der Waals surface area contributed by atoms with E-state index in [1.54, 1.807) is 0 Å². The zero-order valence-electron chi connectivity index (χ0n) is 11.8. The number of aromatic amines is 1. The Bertz CT molecular complexity index is 1030. The van der Waals surface area contributed by atoms with Crippen molar-refractivity contribution in [2.45, 2.75) is 6.92 Å². The van der Waals surface area contributed by atoms with Crippen molar-refractivity contribution in [2.24, 2.45) is 0 Å². The minimum atomic E-state index is 1.22. The molecule has 0 bridgehead atoms. The predicted octanol–water partition coefficient (Wildman–Crippen LogP) is 3.26. The van der Waals surface area contributed by atoms with Gasteiger partial charge in [0, 0.05) is 21.8 Å². The molecule has 0 saturated heterocycles. The van der Waals surface area contributed by atoms with Crippen LogP contribution < -0.4 is 10.9 Å². The fraction of sp³-hybridized carbons (Fsp3) is 0.0526. The van der Waals surface area contributed by atoms with Crippen molar-refractivity contribution in [1.29, 1.82) is 0 Å². The van der Waals surface area contributed by atoms with E-state index in [9.17, 15) is 0 Å². The Kier molecular flexibility index (Phi) is 2.02. The molecule has 0 atom stereocenters. The van der Waals surface area contributed by atoms with Crippen molar-refractivity contribution in [1.82, 2.24) is 4.98 Å². The molecule has 5 rings (SSSR count). The third kappa shape index (κ3) is 1.42. The van der Waals surface area contributed by atoms with E-state index in [1.807, 2.05) is 0 Å². The summed E-state index contributed by atoms with van der Waals surface area (Å²) in [5, 5.41) is 2.62. The van der Waals surface area contributed by atoms with E-state index in [0.29, 0.717) is 0 Å². The summed E-state index contributed by atoms with van der Waals surface area (Å²) in [6.07, 6.45) is 0. The summed E-state index contributed by atoms with van der Waals surface area (Å²) >= 11 is 0. The minimum Gasteiger partial charge on any atom is -0.355 e. The van der Waals surface area contributed by atoms with Crippen molar-refractivity contribution >= 4 is 40.0 Å². The van der Waals surface area contributed by atoms with Crippen LogP contribution in [0.5, 0.6) is 0 Å². The molecule has 0 aliphatic carbocycles. The highest BCUT2D eigenvalue weighted by atomic mass is 14.7. The van der Waals surface area contributed by atoms with Gasteiger partial charge in [-0.3, -0.25) is 0 Å². The lowest BCUT2D eigenvalue weighted by Crippen LogP contribution is -2.21. The largest absolute Gasteiger partial charge is 0.355 e. The number of hydrogen-bond acceptors (Lipinski definition) is 0. The fourth-order valence-electron chi connectivity index (χ4n) is 3.52. The van der Waals surface area contributed by atoms with Crippen molar-refractivity contribution < 1.29 is 0 Å². The highest BCUT2D eigenvalue weighted by Gasteiger charge is 2.22. The van der Waals surface area contributed by atoms with Crippen LogP contribution in [-0.4, -0.2) is 12.3 Å². The van der Waals surface area contributed by atoms with Gasteiger partial charge in [0.25, 0.3) is 0 Å². The van der Waals surface area contributed by atoms with Gasteiger partial charge in [-0.1, -0.05) is 59.5 Å². The highest BCUT2D eigenvalue weighted by Crippen LogP contribution is 2.30. The summed E-state index contributed by atoms with van der Waals surface area (Å²) in [5.74, 6) is 0. The molecule has 0 amide bonds. The average Bonchev–Trinajstić information content (AvgIpc) is 3.04. The number of hydrogen-bond donors (Lipinski definition) is 1. The number of aromatic nitrogens is 1. The average molecular weight is 266 g/mol. The molecular weight excluding hydrogens is 253 g/mol. The Morgan fingerprint density at radius 3 is 2.67 bits per heavy atom. The SMILES string of the molecule is Cc1ccc2c(c1)[nH]c1c3c(ccc12)-c1ccccc1[B]3. The lowest BCUT2D eigenvalue weighted by Gasteiger charge is -2.02. The normalized spacial score (nSPS) is 12.4. The molecule has 4 aromatic rings. The van der Waals surface area contributed by atoms with Crippen LogP contribution in [0.2, 0.25) is 0 Å². The van der Waals surface area contributed by atoms with Crippen molar-refractivity contribution in [3.8, 4) is 11.1 Å². The number of benzene rings is 3. The zero-order chi connectivity index (χ0) is 14.0. The predicted molar refractivity (Wildman–Crippen MR) is 91.0 cm³/mol. The Morgan fingerprint density at radius 1 is 0.857 bits per heavy atom. The summed E-state index contributed by atoms with van der Waals surface area (Å²) in [7, 11) is 2.30. The van der Waals surface area contributed by atoms with Gasteiger partial charge in [0.05, 0.1) is 0 Å². The maximum atomic E-state index is 3.62. The molecule has 2 heterocycles. The first-order valence-electron chi connectivity index (χ1n) is 7.30. The lowest BCUT2D eigenvalue weighted by atomic mass is 9.67. The van der Waals surface area contributed by atoms with Crippen LogP contribution in [-0.2, 0) is 0 Å². The number of nitrogens with one attached hydrogen (secondary N) is 1. The first-order valence-corrected chi connectivity index (χ1v) is 7.30. The first-order chi connectivity index (χ1) is 10.3. The molecule has 1 aliphatic heterocycles. The molecule has 2 heteroatoms. The van der Waals surface area contributed by atoms with Gasteiger partial charge in [0.2, 0.25) is 0 Å². The number of aryl methyl sites for hydroxylation is 1. The minimum absolute atomic E-state index is 1.22. The second-order valence-electron chi connectivity index (χ2n) is 5.85. The van der Waals surface area contributed by atoms with Gasteiger partial charge in [-0.2, -0.15) is 0 Å². The maximum Gasteiger partial charge on any atom is 0.195 e. The Hall–Kier alpha value is -2.48. The van der Waals surface area contributed by atoms with Crippen LogP contribution in [0.25, 0.3) is 32.9 Å². The molecule has 1 radical (unpaired) electrons. The molecule has 0 spiro atoms. The number of H-pyrrole nitrogens is 1. The second-order valence-corrected chi connectivity index (χ2v) is 5.85. The quantitative estimate of drug-likeness (QED) is 0.414. The zero-order valence-corrected chi connectivity index (χ0v) is 11.8. The molecule has 1 N–H and O–H groups in total. The molecule has 21 heavy (non-hydrogen) atoms. The summed E-state index contributed by atoms with van der Waals surface area (Å²) in [4.78, 5) is 3.62. The van der Waals surface area contributed by atoms with Crippen LogP contribution in [0.1, 0.15) is 5.56 Å². The Balaban J connectivity index is 1.90. The molecular formula is C19H13BN. The van der Waals surface area contributed by atoms with Gasteiger partial charge < -0.3 is 4.98 Å².